The molecule has 1 atom stereocenters. The monoisotopic (exact) mass is 450 g/mol. The summed E-state index contributed by atoms with van der Waals surface area (Å²) in [6, 6.07) is 10.3. The second-order valence-electron chi connectivity index (χ2n) is 9.15. The lowest BCUT2D eigenvalue weighted by Gasteiger charge is -2.31. The quantitative estimate of drug-likeness (QED) is 0.631. The number of rotatable bonds is 6. The number of aryl methyl sites for hydroxylation is 3. The molecule has 1 amide bonds. The Labute approximate surface area is 196 Å². The van der Waals surface area contributed by atoms with E-state index in [1.165, 1.54) is 11.1 Å². The molecule has 3 heterocycles. The number of carbonyl (C=O) groups is 2. The van der Waals surface area contributed by atoms with Crippen LogP contribution in [0, 0.1) is 19.8 Å². The number of amides is 1. The molecule has 2 aromatic rings. The van der Waals surface area contributed by atoms with Crippen molar-refractivity contribution in [3.63, 3.8) is 0 Å². The van der Waals surface area contributed by atoms with E-state index in [0.717, 1.165) is 29.8 Å². The lowest BCUT2D eigenvalue weighted by molar-refractivity contribution is -0.149. The summed E-state index contributed by atoms with van der Waals surface area (Å²) in [5.74, 6) is -0.183. The number of hydrogen-bond donors (Lipinski definition) is 0. The predicted octanol–water partition coefficient (Wildman–Crippen LogP) is 3.59. The summed E-state index contributed by atoms with van der Waals surface area (Å²) >= 11 is 0. The van der Waals surface area contributed by atoms with Crippen molar-refractivity contribution in [1.29, 1.82) is 0 Å². The van der Waals surface area contributed by atoms with E-state index < -0.39 is 0 Å². The van der Waals surface area contributed by atoms with Crippen LogP contribution in [0.25, 0.3) is 0 Å². The fourth-order valence-corrected chi connectivity index (χ4v) is 4.74. The molecule has 0 radical (unpaired) electrons. The Kier molecular flexibility index (Phi) is 6.98. The molecule has 1 saturated heterocycles. The Morgan fingerprint density at radius 2 is 1.88 bits per heavy atom. The van der Waals surface area contributed by atoms with E-state index in [9.17, 15) is 9.59 Å². The van der Waals surface area contributed by atoms with Crippen LogP contribution in [0.4, 0.5) is 0 Å². The summed E-state index contributed by atoms with van der Waals surface area (Å²) in [6.45, 7) is 8.18. The molecule has 2 aliphatic heterocycles. The maximum absolute atomic E-state index is 13.4. The van der Waals surface area contributed by atoms with E-state index in [1.54, 1.807) is 5.01 Å². The molecule has 1 aromatic carbocycles. The van der Waals surface area contributed by atoms with Crippen molar-refractivity contribution < 1.29 is 14.3 Å². The van der Waals surface area contributed by atoms with Crippen LogP contribution in [-0.4, -0.2) is 58.3 Å². The molecule has 33 heavy (non-hydrogen) atoms. The highest BCUT2D eigenvalue weighted by Gasteiger charge is 2.36. The zero-order chi connectivity index (χ0) is 23.5. The Morgan fingerprint density at radius 3 is 2.52 bits per heavy atom. The first-order valence-corrected chi connectivity index (χ1v) is 11.8. The maximum Gasteiger partial charge on any atom is 0.309 e. The normalized spacial score (nSPS) is 19.6. The van der Waals surface area contributed by atoms with E-state index in [2.05, 4.69) is 47.6 Å². The highest BCUT2D eigenvalue weighted by Crippen LogP contribution is 2.33. The number of aromatic nitrogens is 1. The fourth-order valence-electron chi connectivity index (χ4n) is 4.74. The van der Waals surface area contributed by atoms with Gasteiger partial charge in [0.1, 0.15) is 6.04 Å². The Hall–Kier alpha value is -2.93. The van der Waals surface area contributed by atoms with Gasteiger partial charge in [0.2, 0.25) is 0 Å². The van der Waals surface area contributed by atoms with Gasteiger partial charge in [-0.3, -0.25) is 14.5 Å². The molecule has 0 saturated carbocycles. The SMILES string of the molecule is CCOC(=O)C1CCN(CC(=O)N2N=C(c3ccc(C)c(C)c3)CC2c2cccn2C)CC1. The van der Waals surface area contributed by atoms with Gasteiger partial charge in [-0.05, 0) is 81.6 Å². The predicted molar refractivity (Wildman–Crippen MR) is 128 cm³/mol. The van der Waals surface area contributed by atoms with Gasteiger partial charge in [-0.25, -0.2) is 5.01 Å². The van der Waals surface area contributed by atoms with Gasteiger partial charge in [-0.1, -0.05) is 12.1 Å². The van der Waals surface area contributed by atoms with Crippen LogP contribution in [0.3, 0.4) is 0 Å². The molecule has 2 aliphatic rings. The molecule has 7 heteroatoms. The number of ether oxygens (including phenoxy) is 1. The van der Waals surface area contributed by atoms with Crippen LogP contribution in [-0.2, 0) is 21.4 Å². The molecule has 1 unspecified atom stereocenters. The molecular formula is C26H34N4O3. The van der Waals surface area contributed by atoms with E-state index in [4.69, 9.17) is 9.84 Å². The Morgan fingerprint density at radius 1 is 1.12 bits per heavy atom. The average Bonchev–Trinajstić information content (AvgIpc) is 3.42. The van der Waals surface area contributed by atoms with Gasteiger partial charge in [0.15, 0.2) is 0 Å². The number of esters is 1. The van der Waals surface area contributed by atoms with Crippen molar-refractivity contribution >= 4 is 17.6 Å². The van der Waals surface area contributed by atoms with Gasteiger partial charge in [0.05, 0.1) is 24.8 Å². The van der Waals surface area contributed by atoms with E-state index >= 15 is 0 Å². The van der Waals surface area contributed by atoms with Crippen molar-refractivity contribution in [2.24, 2.45) is 18.1 Å². The zero-order valence-electron chi connectivity index (χ0n) is 20.1. The van der Waals surface area contributed by atoms with Crippen molar-refractivity contribution in [3.05, 3.63) is 58.9 Å². The fraction of sp³-hybridized carbons (Fsp3) is 0.500. The van der Waals surface area contributed by atoms with Crippen LogP contribution >= 0.6 is 0 Å². The highest BCUT2D eigenvalue weighted by molar-refractivity contribution is 6.03. The number of hydrazone groups is 1. The molecule has 1 fully saturated rings. The number of nitrogens with zero attached hydrogens (tertiary/aromatic N) is 4. The number of carbonyl (C=O) groups excluding carboxylic acids is 2. The highest BCUT2D eigenvalue weighted by atomic mass is 16.5. The second kappa shape index (κ2) is 9.91. The first kappa shape index (κ1) is 23.2. The summed E-state index contributed by atoms with van der Waals surface area (Å²) in [5.41, 5.74) is 5.56. The minimum absolute atomic E-state index is 0.00498. The summed E-state index contributed by atoms with van der Waals surface area (Å²) < 4.78 is 7.23. The van der Waals surface area contributed by atoms with E-state index in [0.29, 0.717) is 32.7 Å². The number of likely N-dealkylation sites (tertiary alicyclic amines) is 1. The molecule has 7 nitrogen and oxygen atoms in total. The van der Waals surface area contributed by atoms with E-state index in [-0.39, 0.29) is 23.8 Å². The molecule has 176 valence electrons. The topological polar surface area (TPSA) is 67.1 Å². The number of piperidine rings is 1. The van der Waals surface area contributed by atoms with Crippen LogP contribution < -0.4 is 0 Å². The minimum atomic E-state index is -0.119. The van der Waals surface area contributed by atoms with E-state index in [1.807, 2.05) is 26.2 Å². The zero-order valence-corrected chi connectivity index (χ0v) is 20.1. The van der Waals surface area contributed by atoms with Gasteiger partial charge < -0.3 is 9.30 Å². The molecule has 4 rings (SSSR count). The molecule has 0 aliphatic carbocycles. The molecule has 0 N–H and O–H groups in total. The third kappa shape index (κ3) is 5.03. The lowest BCUT2D eigenvalue weighted by atomic mass is 9.97. The maximum atomic E-state index is 13.4. The Bertz CT molecular complexity index is 1050. The van der Waals surface area contributed by atoms with Crippen molar-refractivity contribution in [2.75, 3.05) is 26.2 Å². The van der Waals surface area contributed by atoms with Crippen molar-refractivity contribution in [2.45, 2.75) is 46.1 Å². The third-order valence-electron chi connectivity index (χ3n) is 6.90. The van der Waals surface area contributed by atoms with Crippen molar-refractivity contribution in [3.8, 4) is 0 Å². The Balaban J connectivity index is 1.49. The van der Waals surface area contributed by atoms with Gasteiger partial charge in [-0.15, -0.1) is 0 Å². The summed E-state index contributed by atoms with van der Waals surface area (Å²) in [6.07, 6.45) is 4.15. The first-order valence-electron chi connectivity index (χ1n) is 11.8. The van der Waals surface area contributed by atoms with Gasteiger partial charge in [-0.2, -0.15) is 5.10 Å². The summed E-state index contributed by atoms with van der Waals surface area (Å²) in [7, 11) is 2.01. The van der Waals surface area contributed by atoms with Gasteiger partial charge in [0.25, 0.3) is 5.91 Å². The molecule has 0 bridgehead atoms. The standard InChI is InChI=1S/C26H34N4O3/c1-5-33-26(32)20-10-13-29(14-11-20)17-25(31)30-24(23-7-6-12-28(23)4)16-22(27-30)21-9-8-18(2)19(3)15-21/h6-9,12,15,20,24H,5,10-11,13-14,16-17H2,1-4H3. The second-order valence-corrected chi connectivity index (χ2v) is 9.15. The van der Waals surface area contributed by atoms with Crippen LogP contribution in [0.1, 0.15) is 54.6 Å². The van der Waals surface area contributed by atoms with Crippen LogP contribution in [0.2, 0.25) is 0 Å². The first-order chi connectivity index (χ1) is 15.9. The van der Waals surface area contributed by atoms with Crippen LogP contribution in [0.5, 0.6) is 0 Å². The largest absolute Gasteiger partial charge is 0.466 e. The number of hydrogen-bond acceptors (Lipinski definition) is 5. The van der Waals surface area contributed by atoms with Crippen molar-refractivity contribution in [1.82, 2.24) is 14.5 Å². The minimum Gasteiger partial charge on any atom is -0.466 e. The molecule has 0 spiro atoms. The average molecular weight is 451 g/mol. The third-order valence-corrected chi connectivity index (χ3v) is 6.90. The van der Waals surface area contributed by atoms with Crippen LogP contribution in [0.15, 0.2) is 41.6 Å². The summed E-state index contributed by atoms with van der Waals surface area (Å²) in [4.78, 5) is 27.6. The smallest absolute Gasteiger partial charge is 0.309 e. The molecular weight excluding hydrogens is 416 g/mol. The van der Waals surface area contributed by atoms with Gasteiger partial charge in [0, 0.05) is 25.4 Å². The molecule has 1 aromatic heterocycles. The van der Waals surface area contributed by atoms with Gasteiger partial charge >= 0.3 is 5.97 Å². The lowest BCUT2D eigenvalue weighted by Crippen LogP contribution is -2.43. The summed E-state index contributed by atoms with van der Waals surface area (Å²) in [5, 5.41) is 6.50. The number of benzene rings is 1.